The summed E-state index contributed by atoms with van der Waals surface area (Å²) in [6.07, 6.45) is 8.36. The van der Waals surface area contributed by atoms with Gasteiger partial charge in [-0.05, 0) is 31.1 Å². The van der Waals surface area contributed by atoms with Gasteiger partial charge in [0.2, 0.25) is 0 Å². The van der Waals surface area contributed by atoms with Gasteiger partial charge in [-0.1, -0.05) is 41.6 Å². The monoisotopic (exact) mass is 328 g/mol. The van der Waals surface area contributed by atoms with Crippen LogP contribution in [0.4, 0.5) is 4.79 Å². The van der Waals surface area contributed by atoms with E-state index in [0.29, 0.717) is 6.54 Å². The number of imide groups is 1. The van der Waals surface area contributed by atoms with Crippen molar-refractivity contribution >= 4 is 27.9 Å². The van der Waals surface area contributed by atoms with E-state index < -0.39 is 5.54 Å². The predicted octanol–water partition coefficient (Wildman–Crippen LogP) is 2.81. The van der Waals surface area contributed by atoms with Crippen molar-refractivity contribution in [2.45, 2.75) is 56.9 Å². The molecule has 1 N–H and O–H groups in total. The zero-order valence-corrected chi connectivity index (χ0v) is 12.8. The molecule has 0 bridgehead atoms. The van der Waals surface area contributed by atoms with Crippen LogP contribution in [0.25, 0.3) is 0 Å². The molecule has 3 aliphatic rings. The van der Waals surface area contributed by atoms with Gasteiger partial charge in [-0.2, -0.15) is 0 Å². The number of carbonyl (C=O) groups is 2. The van der Waals surface area contributed by atoms with Crippen LogP contribution in [-0.4, -0.2) is 34.3 Å². The molecule has 0 aromatic rings. The lowest BCUT2D eigenvalue weighted by molar-refractivity contribution is -0.132. The second-order valence-corrected chi connectivity index (χ2v) is 7.01. The van der Waals surface area contributed by atoms with Gasteiger partial charge in [-0.3, -0.25) is 9.69 Å². The SMILES string of the molecule is O=C1NC2(CCCC2)C(=O)N1CC1(CBr)CCCC1. The van der Waals surface area contributed by atoms with E-state index in [0.717, 1.165) is 43.9 Å². The van der Waals surface area contributed by atoms with E-state index in [1.165, 1.54) is 17.7 Å². The summed E-state index contributed by atoms with van der Waals surface area (Å²) in [6.45, 7) is 0.588. The van der Waals surface area contributed by atoms with Gasteiger partial charge in [0.1, 0.15) is 5.54 Å². The van der Waals surface area contributed by atoms with E-state index in [4.69, 9.17) is 0 Å². The van der Waals surface area contributed by atoms with Crippen LogP contribution in [0, 0.1) is 5.41 Å². The smallest absolute Gasteiger partial charge is 0.323 e. The van der Waals surface area contributed by atoms with Gasteiger partial charge in [0.15, 0.2) is 0 Å². The third kappa shape index (κ3) is 2.10. The zero-order chi connectivity index (χ0) is 13.5. The number of hydrogen-bond donors (Lipinski definition) is 1. The van der Waals surface area contributed by atoms with Crippen LogP contribution >= 0.6 is 15.9 Å². The largest absolute Gasteiger partial charge is 0.325 e. The summed E-state index contributed by atoms with van der Waals surface area (Å²) in [5, 5.41) is 3.85. The van der Waals surface area contributed by atoms with Crippen molar-refractivity contribution in [1.82, 2.24) is 10.2 Å². The molecular weight excluding hydrogens is 308 g/mol. The second kappa shape index (κ2) is 4.76. The number of urea groups is 1. The third-order valence-electron chi connectivity index (χ3n) is 5.14. The normalized spacial score (nSPS) is 28.4. The quantitative estimate of drug-likeness (QED) is 0.639. The molecule has 0 radical (unpaired) electrons. The second-order valence-electron chi connectivity index (χ2n) is 6.45. The number of amides is 3. The molecular formula is C14H21BrN2O2. The van der Waals surface area contributed by atoms with Crippen LogP contribution in [0.15, 0.2) is 0 Å². The van der Waals surface area contributed by atoms with Crippen molar-refractivity contribution < 1.29 is 9.59 Å². The summed E-state index contributed by atoms with van der Waals surface area (Å²) in [7, 11) is 0. The fourth-order valence-electron chi connectivity index (χ4n) is 3.93. The molecule has 0 atom stereocenters. The molecule has 0 aromatic carbocycles. The molecule has 0 aromatic heterocycles. The van der Waals surface area contributed by atoms with E-state index >= 15 is 0 Å². The molecule has 2 saturated carbocycles. The molecule has 106 valence electrons. The molecule has 4 nitrogen and oxygen atoms in total. The highest BCUT2D eigenvalue weighted by atomic mass is 79.9. The standard InChI is InChI=1S/C14H21BrN2O2/c15-9-13(5-1-2-6-13)10-17-11(18)14(16-12(17)19)7-3-4-8-14/h1-10H2,(H,16,19). The maximum absolute atomic E-state index is 12.6. The first-order valence-corrected chi connectivity index (χ1v) is 8.43. The van der Waals surface area contributed by atoms with Crippen LogP contribution in [-0.2, 0) is 4.79 Å². The first-order chi connectivity index (χ1) is 9.11. The predicted molar refractivity (Wildman–Crippen MR) is 76.1 cm³/mol. The molecule has 0 unspecified atom stereocenters. The minimum Gasteiger partial charge on any atom is -0.323 e. The maximum Gasteiger partial charge on any atom is 0.325 e. The van der Waals surface area contributed by atoms with Crippen LogP contribution in [0.3, 0.4) is 0 Å². The zero-order valence-electron chi connectivity index (χ0n) is 11.2. The maximum atomic E-state index is 12.6. The number of hydrogen-bond acceptors (Lipinski definition) is 2. The third-order valence-corrected chi connectivity index (χ3v) is 6.33. The molecule has 2 aliphatic carbocycles. The Bertz CT molecular complexity index is 398. The summed E-state index contributed by atoms with van der Waals surface area (Å²) in [5.41, 5.74) is -0.444. The summed E-state index contributed by atoms with van der Waals surface area (Å²) in [6, 6.07) is -0.167. The Morgan fingerprint density at radius 3 is 2.21 bits per heavy atom. The number of rotatable bonds is 3. The molecule has 5 heteroatoms. The van der Waals surface area contributed by atoms with Crippen molar-refractivity contribution in [3.63, 3.8) is 0 Å². The van der Waals surface area contributed by atoms with Crippen LogP contribution in [0.2, 0.25) is 0 Å². The van der Waals surface area contributed by atoms with Crippen molar-refractivity contribution in [3.8, 4) is 0 Å². The minimum absolute atomic E-state index is 0.0298. The Hall–Kier alpha value is -0.580. The number of nitrogens with zero attached hydrogens (tertiary/aromatic N) is 1. The Labute approximate surface area is 122 Å². The fraction of sp³-hybridized carbons (Fsp3) is 0.857. The Morgan fingerprint density at radius 1 is 1.05 bits per heavy atom. The van der Waals surface area contributed by atoms with Crippen LogP contribution in [0.5, 0.6) is 0 Å². The average Bonchev–Trinajstić information content (AvgIpc) is 3.09. The highest BCUT2D eigenvalue weighted by Crippen LogP contribution is 2.42. The molecule has 3 rings (SSSR count). The number of halogens is 1. The number of alkyl halides is 1. The Kier molecular flexibility index (Phi) is 3.36. The topological polar surface area (TPSA) is 49.4 Å². The van der Waals surface area contributed by atoms with Crippen LogP contribution < -0.4 is 5.32 Å². The molecule has 1 spiro atoms. The number of nitrogens with one attached hydrogen (secondary N) is 1. The van der Waals surface area contributed by atoms with E-state index in [1.54, 1.807) is 0 Å². The highest BCUT2D eigenvalue weighted by molar-refractivity contribution is 9.09. The van der Waals surface area contributed by atoms with Gasteiger partial charge in [0, 0.05) is 11.9 Å². The summed E-state index contributed by atoms with van der Waals surface area (Å²) in [4.78, 5) is 26.3. The van der Waals surface area contributed by atoms with E-state index in [-0.39, 0.29) is 17.4 Å². The van der Waals surface area contributed by atoms with E-state index in [9.17, 15) is 9.59 Å². The Morgan fingerprint density at radius 2 is 1.63 bits per heavy atom. The first-order valence-electron chi connectivity index (χ1n) is 7.31. The van der Waals surface area contributed by atoms with Crippen molar-refractivity contribution in [2.75, 3.05) is 11.9 Å². The number of carbonyl (C=O) groups excluding carboxylic acids is 2. The minimum atomic E-state index is -0.552. The van der Waals surface area contributed by atoms with E-state index in [2.05, 4.69) is 21.2 Å². The first kappa shape index (κ1) is 13.4. The molecule has 1 saturated heterocycles. The van der Waals surface area contributed by atoms with E-state index in [1.807, 2.05) is 0 Å². The molecule has 3 amide bonds. The summed E-state index contributed by atoms with van der Waals surface area (Å²) in [5.74, 6) is 0.0298. The van der Waals surface area contributed by atoms with Gasteiger partial charge < -0.3 is 5.32 Å². The summed E-state index contributed by atoms with van der Waals surface area (Å²) >= 11 is 3.59. The lowest BCUT2D eigenvalue weighted by Gasteiger charge is -2.30. The average molecular weight is 329 g/mol. The summed E-state index contributed by atoms with van der Waals surface area (Å²) < 4.78 is 0. The lowest BCUT2D eigenvalue weighted by Crippen LogP contribution is -2.45. The van der Waals surface area contributed by atoms with Crippen molar-refractivity contribution in [3.05, 3.63) is 0 Å². The van der Waals surface area contributed by atoms with Crippen molar-refractivity contribution in [2.24, 2.45) is 5.41 Å². The van der Waals surface area contributed by atoms with Gasteiger partial charge in [-0.25, -0.2) is 4.79 Å². The Balaban J connectivity index is 1.77. The molecule has 3 fully saturated rings. The van der Waals surface area contributed by atoms with Gasteiger partial charge in [-0.15, -0.1) is 0 Å². The van der Waals surface area contributed by atoms with Crippen LogP contribution in [0.1, 0.15) is 51.4 Å². The van der Waals surface area contributed by atoms with Gasteiger partial charge in [0.05, 0.1) is 0 Å². The van der Waals surface area contributed by atoms with Crippen molar-refractivity contribution in [1.29, 1.82) is 0 Å². The molecule has 1 heterocycles. The highest BCUT2D eigenvalue weighted by Gasteiger charge is 2.54. The lowest BCUT2D eigenvalue weighted by atomic mass is 9.87. The van der Waals surface area contributed by atoms with Gasteiger partial charge in [0.25, 0.3) is 5.91 Å². The van der Waals surface area contributed by atoms with Gasteiger partial charge >= 0.3 is 6.03 Å². The molecule has 1 aliphatic heterocycles. The fourth-order valence-corrected chi connectivity index (χ4v) is 4.67. The molecule has 19 heavy (non-hydrogen) atoms.